The van der Waals surface area contributed by atoms with Gasteiger partial charge in [-0.1, -0.05) is 36.4 Å². The number of nitrogens with one attached hydrogen (secondary N) is 1. The Morgan fingerprint density at radius 1 is 1.17 bits per heavy atom. The highest BCUT2D eigenvalue weighted by atomic mass is 32.2. The molecular formula is C17H20N2O3S2. The molecule has 7 heteroatoms. The monoisotopic (exact) mass is 364 g/mol. The molecule has 0 unspecified atom stereocenters. The summed E-state index contributed by atoms with van der Waals surface area (Å²) >= 11 is 1.18. The van der Waals surface area contributed by atoms with Crippen LogP contribution in [0.5, 0.6) is 0 Å². The fourth-order valence-electron chi connectivity index (χ4n) is 2.88. The van der Waals surface area contributed by atoms with E-state index in [0.717, 1.165) is 12.8 Å². The molecule has 1 aliphatic rings. The predicted octanol–water partition coefficient (Wildman–Crippen LogP) is 2.26. The van der Waals surface area contributed by atoms with Crippen molar-refractivity contribution in [1.82, 2.24) is 9.62 Å². The Hall–Kier alpha value is -1.70. The maximum atomic E-state index is 12.2. The standard InChI is InChI=1S/C17H20N2O3S2/c20-16-12-15(18-24(21,22)17-9-5-11-23-17)13-19(16)10-4-8-14-6-2-1-3-7-14/h1-3,5-7,9,11,15,18H,4,8,10,12-13H2/t15-/m1/s1. The average Bonchev–Trinajstić information content (AvgIpc) is 3.19. The highest BCUT2D eigenvalue weighted by Gasteiger charge is 2.32. The van der Waals surface area contributed by atoms with Gasteiger partial charge in [-0.3, -0.25) is 4.79 Å². The summed E-state index contributed by atoms with van der Waals surface area (Å²) in [4.78, 5) is 13.8. The third-order valence-electron chi connectivity index (χ3n) is 4.03. The third-order valence-corrected chi connectivity index (χ3v) is 6.95. The lowest BCUT2D eigenvalue weighted by Crippen LogP contribution is -2.37. The second-order valence-corrected chi connectivity index (χ2v) is 8.77. The molecule has 2 heterocycles. The lowest BCUT2D eigenvalue weighted by molar-refractivity contribution is -0.127. The van der Waals surface area contributed by atoms with E-state index in [0.29, 0.717) is 13.1 Å². The average molecular weight is 364 g/mol. The van der Waals surface area contributed by atoms with Crippen LogP contribution in [0.1, 0.15) is 18.4 Å². The summed E-state index contributed by atoms with van der Waals surface area (Å²) in [5.74, 6) is 0.0157. The Labute approximate surface area is 146 Å². The number of carbonyl (C=O) groups is 1. The van der Waals surface area contributed by atoms with Crippen LogP contribution in [-0.2, 0) is 21.2 Å². The number of benzene rings is 1. The molecule has 3 rings (SSSR count). The van der Waals surface area contributed by atoms with E-state index in [1.165, 1.54) is 16.9 Å². The second kappa shape index (κ2) is 7.46. The molecule has 0 bridgehead atoms. The fourth-order valence-corrected chi connectivity index (χ4v) is 5.12. The zero-order chi connectivity index (χ0) is 17.0. The van der Waals surface area contributed by atoms with Gasteiger partial charge in [-0.2, -0.15) is 0 Å². The van der Waals surface area contributed by atoms with Gasteiger partial charge in [0.1, 0.15) is 4.21 Å². The lowest BCUT2D eigenvalue weighted by Gasteiger charge is -2.17. The fraction of sp³-hybridized carbons (Fsp3) is 0.353. The topological polar surface area (TPSA) is 66.5 Å². The van der Waals surface area contributed by atoms with Crippen LogP contribution >= 0.6 is 11.3 Å². The molecule has 1 atom stereocenters. The van der Waals surface area contributed by atoms with Crippen LogP contribution in [0.2, 0.25) is 0 Å². The van der Waals surface area contributed by atoms with Crippen LogP contribution in [-0.4, -0.2) is 38.4 Å². The van der Waals surface area contributed by atoms with Crippen molar-refractivity contribution in [2.45, 2.75) is 29.5 Å². The number of aryl methyl sites for hydroxylation is 1. The Morgan fingerprint density at radius 2 is 1.96 bits per heavy atom. The van der Waals surface area contributed by atoms with E-state index in [-0.39, 0.29) is 22.6 Å². The van der Waals surface area contributed by atoms with Crippen LogP contribution in [0.15, 0.2) is 52.1 Å². The molecule has 128 valence electrons. The van der Waals surface area contributed by atoms with E-state index >= 15 is 0 Å². The van der Waals surface area contributed by atoms with Crippen LogP contribution in [0, 0.1) is 0 Å². The Kier molecular flexibility index (Phi) is 5.33. The maximum Gasteiger partial charge on any atom is 0.250 e. The molecule has 0 saturated carbocycles. The number of nitrogens with zero attached hydrogens (tertiary/aromatic N) is 1. The summed E-state index contributed by atoms with van der Waals surface area (Å²) in [6, 6.07) is 13.1. The first kappa shape index (κ1) is 17.1. The van der Waals surface area contributed by atoms with Crippen LogP contribution < -0.4 is 4.72 Å². The number of amides is 1. The van der Waals surface area contributed by atoms with Gasteiger partial charge < -0.3 is 4.90 Å². The Balaban J connectivity index is 1.50. The summed E-state index contributed by atoms with van der Waals surface area (Å²) in [7, 11) is -3.52. The summed E-state index contributed by atoms with van der Waals surface area (Å²) in [5.41, 5.74) is 1.25. The first-order valence-corrected chi connectivity index (χ1v) is 10.3. The molecule has 1 saturated heterocycles. The van der Waals surface area contributed by atoms with Crippen molar-refractivity contribution in [2.75, 3.05) is 13.1 Å². The molecule has 2 aromatic rings. The van der Waals surface area contributed by atoms with E-state index in [4.69, 9.17) is 0 Å². The van der Waals surface area contributed by atoms with Gasteiger partial charge in [-0.25, -0.2) is 13.1 Å². The number of carbonyl (C=O) groups excluding carboxylic acids is 1. The van der Waals surface area contributed by atoms with E-state index in [1.807, 2.05) is 18.2 Å². The van der Waals surface area contributed by atoms with Crippen molar-refractivity contribution in [1.29, 1.82) is 0 Å². The number of thiophene rings is 1. The van der Waals surface area contributed by atoms with Gasteiger partial charge in [-0.05, 0) is 29.9 Å². The van der Waals surface area contributed by atoms with Crippen LogP contribution in [0.4, 0.5) is 0 Å². The predicted molar refractivity (Wildman–Crippen MR) is 94.4 cm³/mol. The second-order valence-electron chi connectivity index (χ2n) is 5.88. The van der Waals surface area contributed by atoms with Gasteiger partial charge in [0, 0.05) is 25.6 Å². The third kappa shape index (κ3) is 4.23. The number of rotatable bonds is 7. The Morgan fingerprint density at radius 3 is 2.67 bits per heavy atom. The van der Waals surface area contributed by atoms with Crippen molar-refractivity contribution in [2.24, 2.45) is 0 Å². The summed E-state index contributed by atoms with van der Waals surface area (Å²) in [5, 5.41) is 1.73. The molecule has 0 spiro atoms. The number of hydrogen-bond acceptors (Lipinski definition) is 4. The first-order valence-electron chi connectivity index (χ1n) is 7.92. The van der Waals surface area contributed by atoms with Gasteiger partial charge in [0.2, 0.25) is 15.9 Å². The van der Waals surface area contributed by atoms with E-state index < -0.39 is 10.0 Å². The van der Waals surface area contributed by atoms with E-state index in [9.17, 15) is 13.2 Å². The highest BCUT2D eigenvalue weighted by Crippen LogP contribution is 2.19. The van der Waals surface area contributed by atoms with Gasteiger partial charge in [0.25, 0.3) is 0 Å². The van der Waals surface area contributed by atoms with Gasteiger partial charge in [0.15, 0.2) is 0 Å². The van der Waals surface area contributed by atoms with Crippen molar-refractivity contribution in [3.8, 4) is 0 Å². The van der Waals surface area contributed by atoms with Crippen LogP contribution in [0.25, 0.3) is 0 Å². The minimum absolute atomic E-state index is 0.0157. The number of likely N-dealkylation sites (tertiary alicyclic amines) is 1. The lowest BCUT2D eigenvalue weighted by atomic mass is 10.1. The molecule has 24 heavy (non-hydrogen) atoms. The normalized spacial score (nSPS) is 18.2. The largest absolute Gasteiger partial charge is 0.341 e. The highest BCUT2D eigenvalue weighted by molar-refractivity contribution is 7.91. The smallest absolute Gasteiger partial charge is 0.250 e. The number of hydrogen-bond donors (Lipinski definition) is 1. The minimum atomic E-state index is -3.52. The molecule has 5 nitrogen and oxygen atoms in total. The first-order chi connectivity index (χ1) is 11.5. The van der Waals surface area contributed by atoms with Crippen molar-refractivity contribution < 1.29 is 13.2 Å². The molecule has 1 fully saturated rings. The molecule has 0 aliphatic carbocycles. The Bertz CT molecular complexity index is 773. The molecule has 1 aliphatic heterocycles. The minimum Gasteiger partial charge on any atom is -0.341 e. The molecule has 0 radical (unpaired) electrons. The number of sulfonamides is 1. The zero-order valence-corrected chi connectivity index (χ0v) is 14.9. The van der Waals surface area contributed by atoms with E-state index in [2.05, 4.69) is 16.9 Å². The summed E-state index contributed by atoms with van der Waals surface area (Å²) in [6.45, 7) is 1.10. The van der Waals surface area contributed by atoms with Gasteiger partial charge >= 0.3 is 0 Å². The van der Waals surface area contributed by atoms with Crippen molar-refractivity contribution in [3.63, 3.8) is 0 Å². The van der Waals surface area contributed by atoms with Crippen LogP contribution in [0.3, 0.4) is 0 Å². The SMILES string of the molecule is O=C1C[C@@H](NS(=O)(=O)c2cccs2)CN1CCCc1ccccc1. The van der Waals surface area contributed by atoms with Gasteiger partial charge in [0.05, 0.1) is 0 Å². The maximum absolute atomic E-state index is 12.2. The molecule has 1 amide bonds. The molecule has 1 aromatic carbocycles. The molecule has 1 N–H and O–H groups in total. The summed E-state index contributed by atoms with van der Waals surface area (Å²) < 4.78 is 27.4. The van der Waals surface area contributed by atoms with Crippen molar-refractivity contribution in [3.05, 3.63) is 53.4 Å². The molecular weight excluding hydrogens is 344 g/mol. The zero-order valence-electron chi connectivity index (χ0n) is 13.2. The van der Waals surface area contributed by atoms with Gasteiger partial charge in [-0.15, -0.1) is 11.3 Å². The summed E-state index contributed by atoms with van der Waals surface area (Å²) in [6.07, 6.45) is 2.02. The van der Waals surface area contributed by atoms with Crippen molar-refractivity contribution >= 4 is 27.3 Å². The molecule has 1 aromatic heterocycles. The van der Waals surface area contributed by atoms with E-state index in [1.54, 1.807) is 22.4 Å². The quantitative estimate of drug-likeness (QED) is 0.819.